The Balaban J connectivity index is 1.86. The predicted octanol–water partition coefficient (Wildman–Crippen LogP) is 3.38. The summed E-state index contributed by atoms with van der Waals surface area (Å²) in [5, 5.41) is 2.81. The molecular formula is C20H22N2O4S. The Labute approximate surface area is 159 Å². The van der Waals surface area contributed by atoms with Crippen molar-refractivity contribution in [1.82, 2.24) is 0 Å². The van der Waals surface area contributed by atoms with Crippen molar-refractivity contribution in [1.29, 1.82) is 0 Å². The van der Waals surface area contributed by atoms with Crippen LogP contribution in [0.3, 0.4) is 0 Å². The number of anilines is 2. The molecular weight excluding hydrogens is 364 g/mol. The van der Waals surface area contributed by atoms with Gasteiger partial charge in [-0.1, -0.05) is 18.2 Å². The largest absolute Gasteiger partial charge is 0.322 e. The summed E-state index contributed by atoms with van der Waals surface area (Å²) in [6.45, 7) is 3.74. The number of sulfonamides is 1. The molecule has 27 heavy (non-hydrogen) atoms. The summed E-state index contributed by atoms with van der Waals surface area (Å²) in [6.07, 6.45) is 1.46. The molecule has 1 heterocycles. The zero-order chi connectivity index (χ0) is 19.6. The third kappa shape index (κ3) is 4.19. The number of carbonyl (C=O) groups excluding carboxylic acids is 2. The van der Waals surface area contributed by atoms with Crippen LogP contribution in [0.2, 0.25) is 0 Å². The van der Waals surface area contributed by atoms with Gasteiger partial charge in [0.25, 0.3) is 5.91 Å². The fourth-order valence-electron chi connectivity index (χ4n) is 3.05. The van der Waals surface area contributed by atoms with E-state index in [1.807, 2.05) is 6.92 Å². The number of hydrogen-bond donors (Lipinski definition) is 1. The Hall–Kier alpha value is -2.67. The van der Waals surface area contributed by atoms with Gasteiger partial charge in [0.2, 0.25) is 10.0 Å². The van der Waals surface area contributed by atoms with E-state index in [0.29, 0.717) is 35.5 Å². The van der Waals surface area contributed by atoms with Crippen LogP contribution in [0, 0.1) is 6.92 Å². The zero-order valence-corrected chi connectivity index (χ0v) is 16.2. The molecule has 1 aliphatic rings. The molecule has 0 spiro atoms. The highest BCUT2D eigenvalue weighted by Gasteiger charge is 2.26. The van der Waals surface area contributed by atoms with E-state index in [1.54, 1.807) is 42.5 Å². The van der Waals surface area contributed by atoms with Crippen LogP contribution < -0.4 is 9.62 Å². The van der Waals surface area contributed by atoms with Crippen LogP contribution in [0.15, 0.2) is 42.5 Å². The van der Waals surface area contributed by atoms with Gasteiger partial charge in [0.05, 0.1) is 11.4 Å². The van der Waals surface area contributed by atoms with Gasteiger partial charge in [0.15, 0.2) is 5.78 Å². The normalized spacial score (nSPS) is 16.0. The van der Waals surface area contributed by atoms with E-state index in [2.05, 4.69) is 5.32 Å². The minimum Gasteiger partial charge on any atom is -0.322 e. The maximum atomic E-state index is 12.7. The van der Waals surface area contributed by atoms with Crippen molar-refractivity contribution in [2.45, 2.75) is 26.7 Å². The van der Waals surface area contributed by atoms with Crippen LogP contribution in [-0.4, -0.2) is 32.4 Å². The Kier molecular flexibility index (Phi) is 5.32. The Morgan fingerprint density at radius 2 is 1.81 bits per heavy atom. The topological polar surface area (TPSA) is 83.6 Å². The number of nitrogens with zero attached hydrogens (tertiary/aromatic N) is 1. The van der Waals surface area contributed by atoms with Gasteiger partial charge in [-0.2, -0.15) is 0 Å². The lowest BCUT2D eigenvalue weighted by molar-refractivity contribution is 0.101. The molecule has 142 valence electrons. The summed E-state index contributed by atoms with van der Waals surface area (Å²) in [4.78, 5) is 24.3. The number of rotatable bonds is 4. The maximum absolute atomic E-state index is 12.7. The summed E-state index contributed by atoms with van der Waals surface area (Å²) in [5.41, 5.74) is 2.77. The SMILES string of the molecule is CC(=O)c1ccc(C)c(NC(=O)c2cccc(N3CCCCS3(=O)=O)c2)c1. The first-order valence-corrected chi connectivity index (χ1v) is 10.4. The number of aryl methyl sites for hydroxylation is 1. The van der Waals surface area contributed by atoms with Crippen molar-refractivity contribution in [3.8, 4) is 0 Å². The fraction of sp³-hybridized carbons (Fsp3) is 0.300. The van der Waals surface area contributed by atoms with E-state index >= 15 is 0 Å². The molecule has 1 saturated heterocycles. The number of nitrogens with one attached hydrogen (secondary N) is 1. The lowest BCUT2D eigenvalue weighted by atomic mass is 10.1. The second kappa shape index (κ2) is 7.52. The van der Waals surface area contributed by atoms with Crippen molar-refractivity contribution in [3.05, 3.63) is 59.2 Å². The number of ketones is 1. The average molecular weight is 386 g/mol. The molecule has 7 heteroatoms. The minimum absolute atomic E-state index is 0.0807. The molecule has 0 unspecified atom stereocenters. The van der Waals surface area contributed by atoms with Crippen molar-refractivity contribution < 1.29 is 18.0 Å². The molecule has 0 radical (unpaired) electrons. The minimum atomic E-state index is -3.34. The monoisotopic (exact) mass is 386 g/mol. The Morgan fingerprint density at radius 3 is 2.52 bits per heavy atom. The van der Waals surface area contributed by atoms with E-state index in [1.165, 1.54) is 11.2 Å². The second-order valence-corrected chi connectivity index (χ2v) is 8.70. The lowest BCUT2D eigenvalue weighted by Crippen LogP contribution is -2.37. The van der Waals surface area contributed by atoms with E-state index in [-0.39, 0.29) is 17.4 Å². The third-order valence-corrected chi connectivity index (χ3v) is 6.51. The van der Waals surface area contributed by atoms with Gasteiger partial charge < -0.3 is 5.32 Å². The van der Waals surface area contributed by atoms with Crippen molar-refractivity contribution in [2.75, 3.05) is 21.9 Å². The second-order valence-electron chi connectivity index (χ2n) is 6.69. The number of Topliss-reactive ketones (excluding diaryl/α,β-unsaturated/α-hetero) is 1. The molecule has 0 atom stereocenters. The van der Waals surface area contributed by atoms with Crippen LogP contribution in [0.1, 0.15) is 46.0 Å². The van der Waals surface area contributed by atoms with E-state index in [0.717, 1.165) is 12.0 Å². The summed E-state index contributed by atoms with van der Waals surface area (Å²) >= 11 is 0. The highest BCUT2D eigenvalue weighted by molar-refractivity contribution is 7.92. The summed E-state index contributed by atoms with van der Waals surface area (Å²) in [6, 6.07) is 11.7. The summed E-state index contributed by atoms with van der Waals surface area (Å²) in [7, 11) is -3.34. The standard InChI is InChI=1S/C20H22N2O4S/c1-14-8-9-16(15(2)23)13-19(14)21-20(24)17-6-5-7-18(12-17)22-10-3-4-11-27(22,25)26/h5-9,12-13H,3-4,10-11H2,1-2H3,(H,21,24). The average Bonchev–Trinajstić information content (AvgIpc) is 2.63. The molecule has 1 aliphatic heterocycles. The first-order chi connectivity index (χ1) is 12.8. The van der Waals surface area contributed by atoms with Gasteiger partial charge in [-0.05, 0) is 56.5 Å². The number of carbonyl (C=O) groups is 2. The van der Waals surface area contributed by atoms with Gasteiger partial charge in [0, 0.05) is 23.4 Å². The first-order valence-electron chi connectivity index (χ1n) is 8.81. The third-order valence-electron chi connectivity index (χ3n) is 4.64. The maximum Gasteiger partial charge on any atom is 0.255 e. The van der Waals surface area contributed by atoms with Gasteiger partial charge in [-0.3, -0.25) is 13.9 Å². The molecule has 2 aromatic carbocycles. The molecule has 1 N–H and O–H groups in total. The van der Waals surface area contributed by atoms with E-state index in [9.17, 15) is 18.0 Å². The molecule has 2 aromatic rings. The predicted molar refractivity (Wildman–Crippen MR) is 106 cm³/mol. The quantitative estimate of drug-likeness (QED) is 0.817. The van der Waals surface area contributed by atoms with Gasteiger partial charge >= 0.3 is 0 Å². The number of benzene rings is 2. The summed E-state index contributed by atoms with van der Waals surface area (Å²) in [5.74, 6) is -0.307. The number of amides is 1. The van der Waals surface area contributed by atoms with Crippen molar-refractivity contribution in [3.63, 3.8) is 0 Å². The highest BCUT2D eigenvalue weighted by atomic mass is 32.2. The molecule has 1 fully saturated rings. The van der Waals surface area contributed by atoms with E-state index in [4.69, 9.17) is 0 Å². The van der Waals surface area contributed by atoms with Crippen molar-refractivity contribution >= 4 is 33.1 Å². The molecule has 3 rings (SSSR count). The van der Waals surface area contributed by atoms with Crippen LogP contribution in [0.5, 0.6) is 0 Å². The van der Waals surface area contributed by atoms with Gasteiger partial charge in [0.1, 0.15) is 0 Å². The van der Waals surface area contributed by atoms with E-state index < -0.39 is 10.0 Å². The molecule has 0 aromatic heterocycles. The fourth-order valence-corrected chi connectivity index (χ4v) is 4.68. The van der Waals surface area contributed by atoms with Crippen LogP contribution in [0.25, 0.3) is 0 Å². The molecule has 0 aliphatic carbocycles. The molecule has 6 nitrogen and oxygen atoms in total. The van der Waals surface area contributed by atoms with Crippen LogP contribution >= 0.6 is 0 Å². The summed E-state index contributed by atoms with van der Waals surface area (Å²) < 4.78 is 26.0. The van der Waals surface area contributed by atoms with Gasteiger partial charge in [-0.25, -0.2) is 8.42 Å². The van der Waals surface area contributed by atoms with Gasteiger partial charge in [-0.15, -0.1) is 0 Å². The Bertz CT molecular complexity index is 999. The first kappa shape index (κ1) is 19.1. The molecule has 0 saturated carbocycles. The Morgan fingerprint density at radius 1 is 1.04 bits per heavy atom. The van der Waals surface area contributed by atoms with Crippen LogP contribution in [0.4, 0.5) is 11.4 Å². The number of hydrogen-bond acceptors (Lipinski definition) is 4. The van der Waals surface area contributed by atoms with Crippen molar-refractivity contribution in [2.24, 2.45) is 0 Å². The molecule has 0 bridgehead atoms. The smallest absolute Gasteiger partial charge is 0.255 e. The highest BCUT2D eigenvalue weighted by Crippen LogP contribution is 2.25. The zero-order valence-electron chi connectivity index (χ0n) is 15.4. The lowest BCUT2D eigenvalue weighted by Gasteiger charge is -2.28. The molecule has 1 amide bonds. The van der Waals surface area contributed by atoms with Crippen LogP contribution in [-0.2, 0) is 10.0 Å².